The Bertz CT molecular complexity index is 1030. The van der Waals surface area contributed by atoms with Crippen LogP contribution in [0.15, 0.2) is 11.6 Å². The fraction of sp³-hybridized carbons (Fsp3) is 0.882. The van der Waals surface area contributed by atoms with Gasteiger partial charge in [-0.05, 0) is 104 Å². The summed E-state index contributed by atoms with van der Waals surface area (Å²) in [7, 11) is 0. The van der Waals surface area contributed by atoms with Gasteiger partial charge in [-0.3, -0.25) is 9.59 Å². The third kappa shape index (κ3) is 3.96. The van der Waals surface area contributed by atoms with Gasteiger partial charge in [-0.15, -0.1) is 0 Å². The van der Waals surface area contributed by atoms with Crippen molar-refractivity contribution in [3.63, 3.8) is 0 Å². The maximum Gasteiger partial charge on any atom is 0.302 e. The van der Waals surface area contributed by atoms with Crippen molar-refractivity contribution in [2.24, 2.45) is 50.2 Å². The molecule has 4 nitrogen and oxygen atoms in total. The van der Waals surface area contributed by atoms with E-state index in [4.69, 9.17) is 9.47 Å². The first kappa shape index (κ1) is 28.2. The number of carbonyl (C=O) groups is 2. The molecule has 9 atom stereocenters. The number of allylic oxidation sites excluding steroid dienone is 1. The molecular formula is C34H54O4. The first-order valence-corrected chi connectivity index (χ1v) is 15.5. The zero-order chi connectivity index (χ0) is 27.9. The quantitative estimate of drug-likeness (QED) is 0.274. The third-order valence-corrected chi connectivity index (χ3v) is 13.8. The molecule has 0 spiro atoms. The molecule has 0 heterocycles. The van der Waals surface area contributed by atoms with Gasteiger partial charge in [0.2, 0.25) is 0 Å². The van der Waals surface area contributed by atoms with Crippen LogP contribution in [0.25, 0.3) is 0 Å². The number of ether oxygens (including phenoxy) is 2. The second kappa shape index (κ2) is 8.84. The van der Waals surface area contributed by atoms with Gasteiger partial charge in [0.1, 0.15) is 6.10 Å². The zero-order valence-corrected chi connectivity index (χ0v) is 25.8. The van der Waals surface area contributed by atoms with Crippen molar-refractivity contribution in [1.29, 1.82) is 0 Å². The Balaban J connectivity index is 1.48. The summed E-state index contributed by atoms with van der Waals surface area (Å²) in [5.41, 5.74) is 2.81. The number of hydrogen-bond acceptors (Lipinski definition) is 4. The van der Waals surface area contributed by atoms with Gasteiger partial charge in [-0.25, -0.2) is 0 Å². The number of esters is 2. The van der Waals surface area contributed by atoms with Gasteiger partial charge in [-0.1, -0.05) is 60.1 Å². The van der Waals surface area contributed by atoms with Crippen LogP contribution in [0.2, 0.25) is 0 Å². The minimum atomic E-state index is -0.151. The van der Waals surface area contributed by atoms with E-state index in [2.05, 4.69) is 54.5 Å². The normalized spacial score (nSPS) is 49.3. The Morgan fingerprint density at radius 1 is 0.816 bits per heavy atom. The number of rotatable bonds is 3. The zero-order valence-electron chi connectivity index (χ0n) is 25.8. The molecule has 0 bridgehead atoms. The molecule has 5 aliphatic carbocycles. The van der Waals surface area contributed by atoms with Crippen molar-refractivity contribution in [2.75, 3.05) is 6.61 Å². The highest BCUT2D eigenvalue weighted by Gasteiger charge is 2.69. The maximum absolute atomic E-state index is 11.9. The molecule has 0 aromatic heterocycles. The molecule has 5 aliphatic rings. The SMILES string of the molecule is CC(=O)OC[C@]1(C)CC[C@]2(C)CC[C@]3(C)[C@H]4CC=C5[C@@H](CC[C@H](OC(C)=O)C5(C)C)[C@]4(C)CC[C@@]3(C)[C@@H]2C1. The molecule has 4 heteroatoms. The lowest BCUT2D eigenvalue weighted by Crippen LogP contribution is -2.66. The summed E-state index contributed by atoms with van der Waals surface area (Å²) in [6, 6.07) is 0. The first-order chi connectivity index (χ1) is 17.5. The molecule has 4 fully saturated rings. The van der Waals surface area contributed by atoms with Crippen LogP contribution in [0.3, 0.4) is 0 Å². The van der Waals surface area contributed by atoms with Gasteiger partial charge >= 0.3 is 11.9 Å². The fourth-order valence-corrected chi connectivity index (χ4v) is 11.2. The van der Waals surface area contributed by atoms with E-state index in [1.54, 1.807) is 19.4 Å². The molecule has 0 unspecified atom stereocenters. The van der Waals surface area contributed by atoms with E-state index < -0.39 is 0 Å². The summed E-state index contributed by atoms with van der Waals surface area (Å²) < 4.78 is 11.5. The maximum atomic E-state index is 11.9. The van der Waals surface area contributed by atoms with Crippen molar-refractivity contribution < 1.29 is 19.1 Å². The van der Waals surface area contributed by atoms with Crippen LogP contribution in [0, 0.1) is 50.2 Å². The lowest BCUT2D eigenvalue weighted by Gasteiger charge is -2.73. The van der Waals surface area contributed by atoms with E-state index in [9.17, 15) is 9.59 Å². The van der Waals surface area contributed by atoms with Crippen LogP contribution < -0.4 is 0 Å². The number of carbonyl (C=O) groups excluding carboxylic acids is 2. The highest BCUT2D eigenvalue weighted by Crippen LogP contribution is 2.77. The molecular weight excluding hydrogens is 472 g/mol. The summed E-state index contributed by atoms with van der Waals surface area (Å²) >= 11 is 0. The van der Waals surface area contributed by atoms with E-state index in [0.717, 1.165) is 25.7 Å². The van der Waals surface area contributed by atoms with Crippen molar-refractivity contribution in [3.05, 3.63) is 11.6 Å². The van der Waals surface area contributed by atoms with E-state index in [1.165, 1.54) is 38.5 Å². The molecule has 38 heavy (non-hydrogen) atoms. The van der Waals surface area contributed by atoms with Gasteiger partial charge in [0.25, 0.3) is 0 Å². The van der Waals surface area contributed by atoms with E-state index in [1.807, 2.05) is 0 Å². The van der Waals surface area contributed by atoms with Crippen LogP contribution in [-0.4, -0.2) is 24.6 Å². The number of fused-ring (bicyclic) bond motifs is 7. The third-order valence-electron chi connectivity index (χ3n) is 13.8. The summed E-state index contributed by atoms with van der Waals surface area (Å²) in [6.45, 7) is 21.2. The highest BCUT2D eigenvalue weighted by molar-refractivity contribution is 5.66. The van der Waals surface area contributed by atoms with Crippen LogP contribution in [-0.2, 0) is 19.1 Å². The average molecular weight is 527 g/mol. The summed E-state index contributed by atoms with van der Waals surface area (Å²) in [5.74, 6) is 1.62. The Kier molecular flexibility index (Phi) is 6.56. The van der Waals surface area contributed by atoms with Crippen LogP contribution in [0.4, 0.5) is 0 Å². The standard InChI is InChI=1S/C34H54O4/c1-22(35)37-21-30(5)14-15-31(6)16-18-33(8)26-12-10-24-25(11-13-28(29(24,3)4)38-23(2)36)32(26,7)17-19-34(33,9)27(31)20-30/h10,25-28H,11-21H2,1-9H3/t25-,26+,27-,28+,30-,31-,32+,33-,34+/m1/s1. The molecule has 0 aromatic rings. The van der Waals surface area contributed by atoms with Crippen LogP contribution >= 0.6 is 0 Å². The fourth-order valence-electron chi connectivity index (χ4n) is 11.2. The Hall–Kier alpha value is -1.32. The Morgan fingerprint density at radius 2 is 1.45 bits per heavy atom. The lowest BCUT2D eigenvalue weighted by atomic mass is 9.31. The molecule has 214 valence electrons. The lowest BCUT2D eigenvalue weighted by molar-refractivity contribution is -0.234. The summed E-state index contributed by atoms with van der Waals surface area (Å²) in [4.78, 5) is 23.6. The van der Waals surface area contributed by atoms with Gasteiger partial charge in [0.05, 0.1) is 6.61 Å². The van der Waals surface area contributed by atoms with Crippen molar-refractivity contribution >= 4 is 11.9 Å². The van der Waals surface area contributed by atoms with E-state index in [0.29, 0.717) is 40.6 Å². The molecule has 0 aromatic carbocycles. The topological polar surface area (TPSA) is 52.6 Å². The average Bonchev–Trinajstić information content (AvgIpc) is 2.82. The predicted octanol–water partition coefficient (Wildman–Crippen LogP) is 8.28. The second-order valence-corrected chi connectivity index (χ2v) is 16.2. The molecule has 0 N–H and O–H groups in total. The Labute approximate surface area is 232 Å². The Morgan fingerprint density at radius 3 is 2.11 bits per heavy atom. The molecule has 5 rings (SSSR count). The van der Waals surface area contributed by atoms with Gasteiger partial charge < -0.3 is 9.47 Å². The minimum Gasteiger partial charge on any atom is -0.465 e. The van der Waals surface area contributed by atoms with Crippen LogP contribution in [0.5, 0.6) is 0 Å². The van der Waals surface area contributed by atoms with Crippen molar-refractivity contribution in [2.45, 2.75) is 133 Å². The largest absolute Gasteiger partial charge is 0.465 e. The molecule has 0 amide bonds. The molecule has 4 saturated carbocycles. The van der Waals surface area contributed by atoms with Crippen molar-refractivity contribution in [3.8, 4) is 0 Å². The van der Waals surface area contributed by atoms with Crippen molar-refractivity contribution in [1.82, 2.24) is 0 Å². The van der Waals surface area contributed by atoms with E-state index >= 15 is 0 Å². The van der Waals surface area contributed by atoms with E-state index in [-0.39, 0.29) is 34.3 Å². The van der Waals surface area contributed by atoms with Gasteiger partial charge in [0.15, 0.2) is 0 Å². The first-order valence-electron chi connectivity index (χ1n) is 15.5. The number of hydrogen-bond donors (Lipinski definition) is 0. The van der Waals surface area contributed by atoms with Gasteiger partial charge in [0, 0.05) is 24.7 Å². The second-order valence-electron chi connectivity index (χ2n) is 16.2. The minimum absolute atomic E-state index is 0.0142. The highest BCUT2D eigenvalue weighted by atomic mass is 16.5. The van der Waals surface area contributed by atoms with Crippen LogP contribution in [0.1, 0.15) is 127 Å². The summed E-state index contributed by atoms with van der Waals surface area (Å²) in [6.07, 6.45) is 14.7. The smallest absolute Gasteiger partial charge is 0.302 e. The molecule has 0 radical (unpaired) electrons. The molecule has 0 aliphatic heterocycles. The van der Waals surface area contributed by atoms with Gasteiger partial charge in [-0.2, -0.15) is 0 Å². The predicted molar refractivity (Wildman–Crippen MR) is 151 cm³/mol. The monoisotopic (exact) mass is 526 g/mol. The molecule has 0 saturated heterocycles. The summed E-state index contributed by atoms with van der Waals surface area (Å²) in [5, 5.41) is 0.